The number of aliphatic carboxylic acids is 1. The number of hydrogen-bond donors (Lipinski definition) is 1. The first-order valence-electron chi connectivity index (χ1n) is 4.93. The molecule has 0 aromatic rings. The lowest BCUT2D eigenvalue weighted by molar-refractivity contribution is -0.276. The molecule has 5 heteroatoms. The van der Waals surface area contributed by atoms with Gasteiger partial charge in [-0.3, -0.25) is 9.63 Å². The normalized spacial score (nSPS) is 25.1. The van der Waals surface area contributed by atoms with Crippen molar-refractivity contribution in [2.24, 2.45) is 0 Å². The summed E-state index contributed by atoms with van der Waals surface area (Å²) in [4.78, 5) is 16.1. The van der Waals surface area contributed by atoms with Crippen LogP contribution in [0.3, 0.4) is 0 Å². The van der Waals surface area contributed by atoms with E-state index in [-0.39, 0.29) is 6.29 Å². The summed E-state index contributed by atoms with van der Waals surface area (Å²) in [5.74, 6) is -0.828. The summed E-state index contributed by atoms with van der Waals surface area (Å²) in [6, 6.07) is -0.516. The molecule has 1 aliphatic heterocycles. The summed E-state index contributed by atoms with van der Waals surface area (Å²) in [6.07, 6.45) is 1.13. The molecule has 1 fully saturated rings. The molecular formula is C9H17NO4. The highest BCUT2D eigenvalue weighted by atomic mass is 16.8. The van der Waals surface area contributed by atoms with E-state index in [2.05, 4.69) is 0 Å². The molecule has 14 heavy (non-hydrogen) atoms. The van der Waals surface area contributed by atoms with Gasteiger partial charge in [-0.05, 0) is 26.7 Å². The summed E-state index contributed by atoms with van der Waals surface area (Å²) in [5, 5.41) is 10.4. The van der Waals surface area contributed by atoms with Crippen molar-refractivity contribution in [3.8, 4) is 0 Å². The zero-order valence-corrected chi connectivity index (χ0v) is 8.60. The molecule has 1 aliphatic rings. The summed E-state index contributed by atoms with van der Waals surface area (Å²) < 4.78 is 5.18. The lowest BCUT2D eigenvalue weighted by Gasteiger charge is -2.24. The molecule has 82 valence electrons. The van der Waals surface area contributed by atoms with Crippen LogP contribution in [0.5, 0.6) is 0 Å². The zero-order valence-electron chi connectivity index (χ0n) is 8.60. The van der Waals surface area contributed by atoms with Crippen molar-refractivity contribution in [3.05, 3.63) is 0 Å². The Kier molecular flexibility index (Phi) is 4.31. The fraction of sp³-hybridized carbons (Fsp3) is 0.889. The van der Waals surface area contributed by atoms with Gasteiger partial charge in [0.1, 0.15) is 6.04 Å². The highest BCUT2D eigenvalue weighted by Gasteiger charge is 2.32. The Morgan fingerprint density at radius 1 is 1.71 bits per heavy atom. The lowest BCUT2D eigenvalue weighted by atomic mass is 10.2. The SMILES string of the molecule is CCOC(C)ON1CCC[C@H]1C(=O)O. The smallest absolute Gasteiger partial charge is 0.323 e. The predicted octanol–water partition coefficient (Wildman–Crippen LogP) is 0.849. The van der Waals surface area contributed by atoms with E-state index < -0.39 is 12.0 Å². The molecule has 0 radical (unpaired) electrons. The number of hydrogen-bond acceptors (Lipinski definition) is 4. The second kappa shape index (κ2) is 5.29. The molecule has 0 saturated carbocycles. The number of carbonyl (C=O) groups is 1. The van der Waals surface area contributed by atoms with E-state index in [4.69, 9.17) is 14.7 Å². The lowest BCUT2D eigenvalue weighted by Crippen LogP contribution is -2.38. The van der Waals surface area contributed by atoms with Crippen LogP contribution in [0.15, 0.2) is 0 Å². The summed E-state index contributed by atoms with van der Waals surface area (Å²) >= 11 is 0. The minimum Gasteiger partial charge on any atom is -0.480 e. The van der Waals surface area contributed by atoms with Crippen LogP contribution in [0.2, 0.25) is 0 Å². The van der Waals surface area contributed by atoms with Gasteiger partial charge in [-0.15, -0.1) is 0 Å². The molecule has 5 nitrogen and oxygen atoms in total. The first kappa shape index (κ1) is 11.4. The van der Waals surface area contributed by atoms with Crippen LogP contribution in [0.4, 0.5) is 0 Å². The van der Waals surface area contributed by atoms with Crippen LogP contribution in [0, 0.1) is 0 Å². The first-order chi connectivity index (χ1) is 6.65. The van der Waals surface area contributed by atoms with Crippen molar-refractivity contribution in [2.45, 2.75) is 39.0 Å². The molecule has 0 aromatic carbocycles. The van der Waals surface area contributed by atoms with E-state index in [0.29, 0.717) is 19.6 Å². The van der Waals surface area contributed by atoms with Crippen molar-refractivity contribution in [1.82, 2.24) is 5.06 Å². The van der Waals surface area contributed by atoms with E-state index in [1.54, 1.807) is 6.92 Å². The summed E-state index contributed by atoms with van der Waals surface area (Å²) in [5.41, 5.74) is 0. The third-order valence-corrected chi connectivity index (χ3v) is 2.17. The summed E-state index contributed by atoms with van der Waals surface area (Å²) in [6.45, 7) is 4.86. The quantitative estimate of drug-likeness (QED) is 0.671. The van der Waals surface area contributed by atoms with Gasteiger partial charge in [-0.1, -0.05) is 0 Å². The molecule has 2 atom stereocenters. The molecule has 1 unspecified atom stereocenters. The second-order valence-corrected chi connectivity index (χ2v) is 3.27. The molecule has 1 rings (SSSR count). The Labute approximate surface area is 83.5 Å². The van der Waals surface area contributed by atoms with Gasteiger partial charge in [-0.25, -0.2) is 0 Å². The fourth-order valence-electron chi connectivity index (χ4n) is 1.57. The Bertz CT molecular complexity index is 197. The predicted molar refractivity (Wildman–Crippen MR) is 49.5 cm³/mol. The van der Waals surface area contributed by atoms with Crippen LogP contribution in [0.1, 0.15) is 26.7 Å². The third-order valence-electron chi connectivity index (χ3n) is 2.17. The fourth-order valence-corrected chi connectivity index (χ4v) is 1.57. The highest BCUT2D eigenvalue weighted by molar-refractivity contribution is 5.73. The van der Waals surface area contributed by atoms with Gasteiger partial charge < -0.3 is 9.84 Å². The van der Waals surface area contributed by atoms with E-state index in [1.807, 2.05) is 6.92 Å². The maximum Gasteiger partial charge on any atom is 0.323 e. The standard InChI is InChI=1S/C9H17NO4/c1-3-13-7(2)14-10-6-4-5-8(10)9(11)12/h7-8H,3-6H2,1-2H3,(H,11,12)/t7?,8-/m0/s1. The van der Waals surface area contributed by atoms with Crippen LogP contribution in [-0.2, 0) is 14.4 Å². The van der Waals surface area contributed by atoms with Crippen LogP contribution in [-0.4, -0.2) is 41.6 Å². The second-order valence-electron chi connectivity index (χ2n) is 3.27. The summed E-state index contributed by atoms with van der Waals surface area (Å²) in [7, 11) is 0. The molecule has 1 saturated heterocycles. The van der Waals surface area contributed by atoms with Crippen molar-refractivity contribution < 1.29 is 19.5 Å². The van der Waals surface area contributed by atoms with Crippen molar-refractivity contribution >= 4 is 5.97 Å². The van der Waals surface area contributed by atoms with Crippen molar-refractivity contribution in [1.29, 1.82) is 0 Å². The highest BCUT2D eigenvalue weighted by Crippen LogP contribution is 2.18. The largest absolute Gasteiger partial charge is 0.480 e. The number of carboxylic acids is 1. The number of nitrogens with zero attached hydrogens (tertiary/aromatic N) is 1. The monoisotopic (exact) mass is 203 g/mol. The van der Waals surface area contributed by atoms with E-state index >= 15 is 0 Å². The molecule has 0 spiro atoms. The molecule has 0 aliphatic carbocycles. The zero-order chi connectivity index (χ0) is 10.6. The van der Waals surface area contributed by atoms with Gasteiger partial charge in [-0.2, -0.15) is 5.06 Å². The van der Waals surface area contributed by atoms with E-state index in [9.17, 15) is 4.79 Å². The van der Waals surface area contributed by atoms with Gasteiger partial charge in [0.05, 0.1) is 0 Å². The number of hydroxylamine groups is 2. The van der Waals surface area contributed by atoms with Crippen LogP contribution in [0.25, 0.3) is 0 Å². The Morgan fingerprint density at radius 3 is 3.00 bits per heavy atom. The molecular weight excluding hydrogens is 186 g/mol. The Hall–Kier alpha value is -0.650. The van der Waals surface area contributed by atoms with Crippen LogP contribution < -0.4 is 0 Å². The first-order valence-corrected chi connectivity index (χ1v) is 4.93. The van der Waals surface area contributed by atoms with Gasteiger partial charge in [0, 0.05) is 13.2 Å². The average Bonchev–Trinajstić information content (AvgIpc) is 2.52. The topological polar surface area (TPSA) is 59.0 Å². The number of rotatable bonds is 5. The van der Waals surface area contributed by atoms with Gasteiger partial charge in [0.15, 0.2) is 6.29 Å². The van der Waals surface area contributed by atoms with Crippen molar-refractivity contribution in [2.75, 3.05) is 13.2 Å². The minimum absolute atomic E-state index is 0.375. The van der Waals surface area contributed by atoms with E-state index in [1.165, 1.54) is 5.06 Å². The maximum absolute atomic E-state index is 10.8. The molecule has 1 heterocycles. The van der Waals surface area contributed by atoms with Gasteiger partial charge >= 0.3 is 5.97 Å². The van der Waals surface area contributed by atoms with Crippen LogP contribution >= 0.6 is 0 Å². The molecule has 1 N–H and O–H groups in total. The third kappa shape index (κ3) is 2.94. The van der Waals surface area contributed by atoms with E-state index in [0.717, 1.165) is 6.42 Å². The maximum atomic E-state index is 10.8. The molecule has 0 aromatic heterocycles. The Balaban J connectivity index is 2.39. The van der Waals surface area contributed by atoms with Gasteiger partial charge in [0.25, 0.3) is 0 Å². The van der Waals surface area contributed by atoms with Gasteiger partial charge in [0.2, 0.25) is 0 Å². The van der Waals surface area contributed by atoms with Crippen molar-refractivity contribution in [3.63, 3.8) is 0 Å². The Morgan fingerprint density at radius 2 is 2.43 bits per heavy atom. The molecule has 0 bridgehead atoms. The molecule has 0 amide bonds. The average molecular weight is 203 g/mol. The number of ether oxygens (including phenoxy) is 1. The number of carboxylic acid groups (broad SMARTS) is 1. The minimum atomic E-state index is -0.828.